The van der Waals surface area contributed by atoms with E-state index in [4.69, 9.17) is 4.74 Å². The third-order valence-electron chi connectivity index (χ3n) is 2.56. The van der Waals surface area contributed by atoms with E-state index >= 15 is 0 Å². The van der Waals surface area contributed by atoms with Crippen LogP contribution in [0.5, 0.6) is 0 Å². The first-order valence-corrected chi connectivity index (χ1v) is 7.30. The number of amides is 1. The zero-order valence-corrected chi connectivity index (χ0v) is 12.6. The Hall–Kier alpha value is -2.28. The fourth-order valence-corrected chi connectivity index (χ4v) is 2.37. The second-order valence-electron chi connectivity index (χ2n) is 4.27. The summed E-state index contributed by atoms with van der Waals surface area (Å²) in [6.07, 6.45) is 1.69. The van der Waals surface area contributed by atoms with Gasteiger partial charge in [0.2, 0.25) is 0 Å². The highest BCUT2D eigenvalue weighted by Gasteiger charge is 2.11. The first-order valence-electron chi connectivity index (χ1n) is 6.42. The number of nitrogens with zero attached hydrogens (tertiary/aromatic N) is 2. The topological polar surface area (TPSA) is 81.2 Å². The van der Waals surface area contributed by atoms with Crippen LogP contribution in [0.3, 0.4) is 0 Å². The van der Waals surface area contributed by atoms with Gasteiger partial charge in [0, 0.05) is 22.8 Å². The van der Waals surface area contributed by atoms with E-state index in [0.29, 0.717) is 23.0 Å². The lowest BCUT2D eigenvalue weighted by Crippen LogP contribution is -2.12. The average molecular weight is 305 g/mol. The Morgan fingerprint density at radius 2 is 2.24 bits per heavy atom. The number of pyridine rings is 1. The fourth-order valence-electron chi connectivity index (χ4n) is 1.66. The molecule has 21 heavy (non-hydrogen) atoms. The first-order chi connectivity index (χ1) is 10.1. The summed E-state index contributed by atoms with van der Waals surface area (Å²) >= 11 is 1.27. The van der Waals surface area contributed by atoms with Crippen LogP contribution >= 0.6 is 11.3 Å². The molecule has 0 radical (unpaired) electrons. The largest absolute Gasteiger partial charge is 0.466 e. The van der Waals surface area contributed by atoms with E-state index in [1.54, 1.807) is 30.6 Å². The molecule has 2 aromatic heterocycles. The summed E-state index contributed by atoms with van der Waals surface area (Å²) in [5.41, 5.74) is 1.87. The summed E-state index contributed by atoms with van der Waals surface area (Å²) in [6, 6.07) is 3.33. The van der Waals surface area contributed by atoms with E-state index in [2.05, 4.69) is 15.3 Å². The zero-order valence-electron chi connectivity index (χ0n) is 11.8. The lowest BCUT2D eigenvalue weighted by Gasteiger charge is -2.02. The van der Waals surface area contributed by atoms with E-state index in [9.17, 15) is 9.59 Å². The molecule has 0 aromatic carbocycles. The lowest BCUT2D eigenvalue weighted by atomic mass is 10.2. The summed E-state index contributed by atoms with van der Waals surface area (Å²) in [5.74, 6) is -0.581. The molecule has 0 atom stereocenters. The summed E-state index contributed by atoms with van der Waals surface area (Å²) in [5, 5.41) is 4.88. The van der Waals surface area contributed by atoms with Gasteiger partial charge in [0.05, 0.1) is 18.7 Å². The first kappa shape index (κ1) is 15.1. The van der Waals surface area contributed by atoms with E-state index in [1.165, 1.54) is 11.3 Å². The van der Waals surface area contributed by atoms with Gasteiger partial charge in [-0.3, -0.25) is 19.9 Å². The standard InChI is InChI=1S/C14H15N3O3S/c1-3-20-12(18)7-11-8-21-14(16-11)17-13(19)10-4-5-15-9(2)6-10/h4-6,8H,3,7H2,1-2H3,(H,16,17,19). The summed E-state index contributed by atoms with van der Waals surface area (Å²) in [6.45, 7) is 3.91. The Kier molecular flexibility index (Phi) is 4.99. The number of anilines is 1. The minimum absolute atomic E-state index is 0.106. The van der Waals surface area contributed by atoms with Gasteiger partial charge in [-0.2, -0.15) is 0 Å². The molecule has 0 aliphatic carbocycles. The number of esters is 1. The highest BCUT2D eigenvalue weighted by molar-refractivity contribution is 7.14. The van der Waals surface area contributed by atoms with Gasteiger partial charge in [-0.25, -0.2) is 4.98 Å². The summed E-state index contributed by atoms with van der Waals surface area (Å²) in [4.78, 5) is 31.6. The zero-order chi connectivity index (χ0) is 15.2. The predicted molar refractivity (Wildman–Crippen MR) is 79.4 cm³/mol. The molecule has 7 heteroatoms. The number of carbonyl (C=O) groups excluding carboxylic acids is 2. The third-order valence-corrected chi connectivity index (χ3v) is 3.37. The van der Waals surface area contributed by atoms with Crippen molar-refractivity contribution < 1.29 is 14.3 Å². The normalized spacial score (nSPS) is 10.2. The van der Waals surface area contributed by atoms with E-state index in [-0.39, 0.29) is 18.3 Å². The van der Waals surface area contributed by atoms with Crippen LogP contribution in [0, 0.1) is 6.92 Å². The number of hydrogen-bond donors (Lipinski definition) is 1. The third kappa shape index (κ3) is 4.35. The molecule has 2 rings (SSSR count). The van der Waals surface area contributed by atoms with Gasteiger partial charge in [0.25, 0.3) is 5.91 Å². The molecular weight excluding hydrogens is 290 g/mol. The molecule has 0 aliphatic rings. The molecule has 0 saturated carbocycles. The molecule has 1 amide bonds. The van der Waals surface area contributed by atoms with Crippen molar-refractivity contribution in [2.45, 2.75) is 20.3 Å². The van der Waals surface area contributed by atoms with Gasteiger partial charge in [-0.05, 0) is 26.0 Å². The Morgan fingerprint density at radius 3 is 2.95 bits per heavy atom. The highest BCUT2D eigenvalue weighted by Crippen LogP contribution is 2.17. The number of thiazole rings is 1. The highest BCUT2D eigenvalue weighted by atomic mass is 32.1. The van der Waals surface area contributed by atoms with Crippen LogP contribution < -0.4 is 5.32 Å². The predicted octanol–water partition coefficient (Wildman–Crippen LogP) is 2.20. The molecule has 0 fully saturated rings. The minimum atomic E-state index is -0.328. The van der Waals surface area contributed by atoms with Gasteiger partial charge in [-0.1, -0.05) is 0 Å². The van der Waals surface area contributed by atoms with Gasteiger partial charge < -0.3 is 4.74 Å². The summed E-state index contributed by atoms with van der Waals surface area (Å²) in [7, 11) is 0. The molecule has 2 aromatic rings. The van der Waals surface area contributed by atoms with Crippen molar-refractivity contribution in [2.24, 2.45) is 0 Å². The van der Waals surface area contributed by atoms with E-state index in [0.717, 1.165) is 5.69 Å². The maximum atomic E-state index is 12.0. The molecule has 0 aliphatic heterocycles. The Labute approximate surface area is 126 Å². The number of aryl methyl sites for hydroxylation is 1. The second-order valence-corrected chi connectivity index (χ2v) is 5.12. The van der Waals surface area contributed by atoms with Crippen LogP contribution in [0.25, 0.3) is 0 Å². The average Bonchev–Trinajstić information content (AvgIpc) is 2.86. The van der Waals surface area contributed by atoms with E-state index < -0.39 is 0 Å². The number of hydrogen-bond acceptors (Lipinski definition) is 6. The Balaban J connectivity index is 1.99. The molecule has 1 N–H and O–H groups in total. The molecule has 0 unspecified atom stereocenters. The van der Waals surface area contributed by atoms with Crippen LogP contribution in [-0.4, -0.2) is 28.5 Å². The summed E-state index contributed by atoms with van der Waals surface area (Å²) < 4.78 is 4.85. The van der Waals surface area contributed by atoms with Crippen molar-refractivity contribution in [1.29, 1.82) is 0 Å². The fraction of sp³-hybridized carbons (Fsp3) is 0.286. The van der Waals surface area contributed by atoms with Gasteiger partial charge >= 0.3 is 5.97 Å². The van der Waals surface area contributed by atoms with Crippen LogP contribution in [0.1, 0.15) is 28.7 Å². The molecular formula is C14H15N3O3S. The molecule has 0 spiro atoms. The quantitative estimate of drug-likeness (QED) is 0.856. The van der Waals surface area contributed by atoms with Crippen LogP contribution in [-0.2, 0) is 16.0 Å². The molecule has 0 bridgehead atoms. The number of rotatable bonds is 5. The molecule has 6 nitrogen and oxygen atoms in total. The smallest absolute Gasteiger partial charge is 0.311 e. The van der Waals surface area contributed by atoms with E-state index in [1.807, 2.05) is 6.92 Å². The van der Waals surface area contributed by atoms with Crippen molar-refractivity contribution in [3.05, 3.63) is 40.7 Å². The number of aromatic nitrogens is 2. The second kappa shape index (κ2) is 6.94. The van der Waals surface area contributed by atoms with Crippen LogP contribution in [0.15, 0.2) is 23.7 Å². The van der Waals surface area contributed by atoms with Crippen LogP contribution in [0.2, 0.25) is 0 Å². The maximum absolute atomic E-state index is 12.0. The molecule has 110 valence electrons. The number of ether oxygens (including phenoxy) is 1. The maximum Gasteiger partial charge on any atom is 0.311 e. The minimum Gasteiger partial charge on any atom is -0.466 e. The van der Waals surface area contributed by atoms with Crippen molar-refractivity contribution in [3.8, 4) is 0 Å². The lowest BCUT2D eigenvalue weighted by molar-refractivity contribution is -0.142. The van der Waals surface area contributed by atoms with Crippen molar-refractivity contribution in [2.75, 3.05) is 11.9 Å². The van der Waals surface area contributed by atoms with Crippen molar-refractivity contribution in [1.82, 2.24) is 9.97 Å². The monoisotopic (exact) mass is 305 g/mol. The number of carbonyl (C=O) groups is 2. The van der Waals surface area contributed by atoms with Crippen molar-refractivity contribution in [3.63, 3.8) is 0 Å². The van der Waals surface area contributed by atoms with Crippen LogP contribution in [0.4, 0.5) is 5.13 Å². The van der Waals surface area contributed by atoms with Crippen molar-refractivity contribution >= 4 is 28.3 Å². The Bertz CT molecular complexity index is 654. The SMILES string of the molecule is CCOC(=O)Cc1csc(NC(=O)c2ccnc(C)c2)n1. The van der Waals surface area contributed by atoms with Gasteiger partial charge in [0.1, 0.15) is 0 Å². The van der Waals surface area contributed by atoms with Gasteiger partial charge in [-0.15, -0.1) is 11.3 Å². The van der Waals surface area contributed by atoms with Gasteiger partial charge in [0.15, 0.2) is 5.13 Å². The molecule has 0 saturated heterocycles. The number of nitrogens with one attached hydrogen (secondary N) is 1. The Morgan fingerprint density at radius 1 is 1.43 bits per heavy atom. The molecule has 2 heterocycles.